The van der Waals surface area contributed by atoms with Gasteiger partial charge in [0.15, 0.2) is 5.58 Å². The maximum absolute atomic E-state index is 8.86. The number of aromatic nitrogens is 1. The van der Waals surface area contributed by atoms with Crippen LogP contribution in [0.1, 0.15) is 11.1 Å². The third-order valence-corrected chi connectivity index (χ3v) is 3.00. The Morgan fingerprint density at radius 3 is 2.95 bits per heavy atom. The lowest BCUT2D eigenvalue weighted by atomic mass is 10.1. The minimum Gasteiger partial charge on any atom is -0.460 e. The molecule has 0 saturated heterocycles. The van der Waals surface area contributed by atoms with Gasteiger partial charge in [-0.15, -0.1) is 0 Å². The SMILES string of the molecule is Cc1cc(C#N)ccc1Nc1coc2cnccc12. The van der Waals surface area contributed by atoms with Crippen molar-refractivity contribution in [2.24, 2.45) is 0 Å². The molecule has 2 heterocycles. The van der Waals surface area contributed by atoms with E-state index in [0.29, 0.717) is 5.56 Å². The van der Waals surface area contributed by atoms with Gasteiger partial charge in [-0.1, -0.05) is 0 Å². The minimum atomic E-state index is 0.657. The van der Waals surface area contributed by atoms with E-state index in [1.54, 1.807) is 24.7 Å². The molecular formula is C15H11N3O. The quantitative estimate of drug-likeness (QED) is 0.751. The summed E-state index contributed by atoms with van der Waals surface area (Å²) in [7, 11) is 0. The monoisotopic (exact) mass is 249 g/mol. The second kappa shape index (κ2) is 4.46. The third-order valence-electron chi connectivity index (χ3n) is 3.00. The molecule has 0 amide bonds. The lowest BCUT2D eigenvalue weighted by Crippen LogP contribution is -1.92. The van der Waals surface area contributed by atoms with Crippen LogP contribution in [0.2, 0.25) is 0 Å². The minimum absolute atomic E-state index is 0.657. The normalized spacial score (nSPS) is 10.3. The summed E-state index contributed by atoms with van der Waals surface area (Å²) in [5, 5.41) is 13.2. The van der Waals surface area contributed by atoms with Gasteiger partial charge in [0.1, 0.15) is 6.26 Å². The van der Waals surface area contributed by atoms with Crippen LogP contribution in [0.3, 0.4) is 0 Å². The van der Waals surface area contributed by atoms with Gasteiger partial charge in [0.2, 0.25) is 0 Å². The number of hydrogen-bond acceptors (Lipinski definition) is 4. The Hall–Kier alpha value is -2.80. The first-order chi connectivity index (χ1) is 9.28. The maximum Gasteiger partial charge on any atom is 0.154 e. The number of nitrogens with zero attached hydrogens (tertiary/aromatic N) is 2. The molecule has 0 unspecified atom stereocenters. The number of fused-ring (bicyclic) bond motifs is 1. The molecule has 3 aromatic rings. The molecule has 1 aromatic carbocycles. The lowest BCUT2D eigenvalue weighted by molar-refractivity contribution is 0.615. The zero-order valence-electron chi connectivity index (χ0n) is 10.3. The van der Waals surface area contributed by atoms with E-state index in [-0.39, 0.29) is 0 Å². The van der Waals surface area contributed by atoms with Crippen LogP contribution in [0.25, 0.3) is 11.0 Å². The van der Waals surface area contributed by atoms with Crippen LogP contribution in [0.15, 0.2) is 47.3 Å². The van der Waals surface area contributed by atoms with Crippen LogP contribution in [-0.2, 0) is 0 Å². The van der Waals surface area contributed by atoms with Crippen molar-refractivity contribution in [2.45, 2.75) is 6.92 Å². The van der Waals surface area contributed by atoms with Gasteiger partial charge in [0.25, 0.3) is 0 Å². The molecule has 0 aliphatic rings. The van der Waals surface area contributed by atoms with Gasteiger partial charge in [-0.25, -0.2) is 0 Å². The lowest BCUT2D eigenvalue weighted by Gasteiger charge is -2.08. The first-order valence-electron chi connectivity index (χ1n) is 5.87. The maximum atomic E-state index is 8.86. The molecule has 0 fully saturated rings. The predicted molar refractivity (Wildman–Crippen MR) is 73.2 cm³/mol. The Balaban J connectivity index is 2.00. The third kappa shape index (κ3) is 2.02. The fourth-order valence-electron chi connectivity index (χ4n) is 2.00. The van der Waals surface area contributed by atoms with Crippen molar-refractivity contribution in [2.75, 3.05) is 5.32 Å². The average Bonchev–Trinajstić information content (AvgIpc) is 2.84. The molecule has 0 spiro atoms. The summed E-state index contributed by atoms with van der Waals surface area (Å²) in [6, 6.07) is 9.57. The fourth-order valence-corrected chi connectivity index (χ4v) is 2.00. The van der Waals surface area contributed by atoms with E-state index in [0.717, 1.165) is 27.9 Å². The van der Waals surface area contributed by atoms with Gasteiger partial charge in [0, 0.05) is 17.3 Å². The van der Waals surface area contributed by atoms with Crippen LogP contribution in [0, 0.1) is 18.3 Å². The zero-order chi connectivity index (χ0) is 13.2. The molecule has 0 atom stereocenters. The summed E-state index contributed by atoms with van der Waals surface area (Å²) in [5.74, 6) is 0. The van der Waals surface area contributed by atoms with Crippen molar-refractivity contribution in [1.82, 2.24) is 4.98 Å². The Kier molecular flexibility index (Phi) is 2.66. The van der Waals surface area contributed by atoms with Crippen molar-refractivity contribution < 1.29 is 4.42 Å². The van der Waals surface area contributed by atoms with Gasteiger partial charge >= 0.3 is 0 Å². The number of hydrogen-bond donors (Lipinski definition) is 1. The van der Waals surface area contributed by atoms with E-state index in [1.165, 1.54) is 0 Å². The molecule has 92 valence electrons. The molecule has 3 rings (SSSR count). The summed E-state index contributed by atoms with van der Waals surface area (Å²) >= 11 is 0. The Morgan fingerprint density at radius 2 is 2.16 bits per heavy atom. The summed E-state index contributed by atoms with van der Waals surface area (Å²) in [6.45, 7) is 1.97. The summed E-state index contributed by atoms with van der Waals surface area (Å²) in [5.41, 5.74) is 4.27. The second-order valence-corrected chi connectivity index (χ2v) is 4.29. The van der Waals surface area contributed by atoms with E-state index < -0.39 is 0 Å². The standard InChI is InChI=1S/C15H11N3O/c1-10-6-11(7-16)2-3-13(10)18-14-9-19-15-8-17-5-4-12(14)15/h2-6,8-9,18H,1H3. The first kappa shape index (κ1) is 11.3. The van der Waals surface area contributed by atoms with Crippen LogP contribution in [0.4, 0.5) is 11.4 Å². The van der Waals surface area contributed by atoms with Crippen molar-refractivity contribution >= 4 is 22.3 Å². The van der Waals surface area contributed by atoms with Crippen LogP contribution in [0.5, 0.6) is 0 Å². The fraction of sp³-hybridized carbons (Fsp3) is 0.0667. The first-order valence-corrected chi connectivity index (χ1v) is 5.87. The topological polar surface area (TPSA) is 61.9 Å². The number of nitrogens with one attached hydrogen (secondary N) is 1. The number of anilines is 2. The number of aryl methyl sites for hydroxylation is 1. The molecule has 4 nitrogen and oxygen atoms in total. The second-order valence-electron chi connectivity index (χ2n) is 4.29. The summed E-state index contributed by atoms with van der Waals surface area (Å²) in [4.78, 5) is 4.02. The number of pyridine rings is 1. The van der Waals surface area contributed by atoms with Gasteiger partial charge in [-0.3, -0.25) is 4.98 Å². The summed E-state index contributed by atoms with van der Waals surface area (Å²) in [6.07, 6.45) is 5.09. The highest BCUT2D eigenvalue weighted by Crippen LogP contribution is 2.29. The van der Waals surface area contributed by atoms with E-state index in [1.807, 2.05) is 25.1 Å². The smallest absolute Gasteiger partial charge is 0.154 e. The highest BCUT2D eigenvalue weighted by molar-refractivity contribution is 5.92. The van der Waals surface area contributed by atoms with Gasteiger partial charge < -0.3 is 9.73 Å². The van der Waals surface area contributed by atoms with Crippen molar-refractivity contribution in [3.63, 3.8) is 0 Å². The van der Waals surface area contributed by atoms with Crippen LogP contribution in [-0.4, -0.2) is 4.98 Å². The van der Waals surface area contributed by atoms with E-state index in [4.69, 9.17) is 9.68 Å². The highest BCUT2D eigenvalue weighted by Gasteiger charge is 2.07. The van der Waals surface area contributed by atoms with Crippen LogP contribution < -0.4 is 5.32 Å². The molecule has 0 aliphatic heterocycles. The molecular weight excluding hydrogens is 238 g/mol. The van der Waals surface area contributed by atoms with E-state index in [9.17, 15) is 0 Å². The van der Waals surface area contributed by atoms with Crippen LogP contribution >= 0.6 is 0 Å². The zero-order valence-corrected chi connectivity index (χ0v) is 10.3. The predicted octanol–water partition coefficient (Wildman–Crippen LogP) is 3.75. The van der Waals surface area contributed by atoms with Gasteiger partial charge in [-0.2, -0.15) is 5.26 Å². The molecule has 19 heavy (non-hydrogen) atoms. The molecule has 0 aliphatic carbocycles. The number of nitriles is 1. The Labute approximate surface area is 110 Å². The Bertz CT molecular complexity index is 783. The molecule has 0 saturated carbocycles. The van der Waals surface area contributed by atoms with E-state index >= 15 is 0 Å². The molecule has 0 radical (unpaired) electrons. The number of furan rings is 1. The van der Waals surface area contributed by atoms with Crippen molar-refractivity contribution in [3.05, 3.63) is 54.0 Å². The van der Waals surface area contributed by atoms with Gasteiger partial charge in [-0.05, 0) is 36.8 Å². The Morgan fingerprint density at radius 1 is 1.26 bits per heavy atom. The molecule has 1 N–H and O–H groups in total. The molecule has 4 heteroatoms. The average molecular weight is 249 g/mol. The number of rotatable bonds is 2. The van der Waals surface area contributed by atoms with E-state index in [2.05, 4.69) is 16.4 Å². The largest absolute Gasteiger partial charge is 0.460 e. The molecule has 2 aromatic heterocycles. The van der Waals surface area contributed by atoms with Crippen molar-refractivity contribution in [1.29, 1.82) is 5.26 Å². The molecule has 0 bridgehead atoms. The summed E-state index contributed by atoms with van der Waals surface area (Å²) < 4.78 is 5.43. The highest BCUT2D eigenvalue weighted by atomic mass is 16.3. The number of benzene rings is 1. The van der Waals surface area contributed by atoms with Crippen molar-refractivity contribution in [3.8, 4) is 6.07 Å². The van der Waals surface area contributed by atoms with Gasteiger partial charge in [0.05, 0.1) is 23.5 Å².